The molecule has 1 heterocycles. The molecule has 0 aliphatic rings. The highest BCUT2D eigenvalue weighted by Crippen LogP contribution is 2.35. The molecule has 0 saturated heterocycles. The third-order valence-electron chi connectivity index (χ3n) is 2.03. The van der Waals surface area contributed by atoms with Crippen LogP contribution < -0.4 is 0 Å². The van der Waals surface area contributed by atoms with E-state index in [2.05, 4.69) is 15.9 Å². The first-order chi connectivity index (χ1) is 6.76. The van der Waals surface area contributed by atoms with Gasteiger partial charge >= 0.3 is 0 Å². The SMILES string of the molecule is CSc1csc2cc(CBr)cc(F)c12. The highest BCUT2D eigenvalue weighted by atomic mass is 79.9. The molecule has 0 fully saturated rings. The Balaban J connectivity index is 2.72. The number of fused-ring (bicyclic) bond motifs is 1. The zero-order valence-electron chi connectivity index (χ0n) is 7.51. The Hall–Kier alpha value is -0.0600. The molecule has 0 radical (unpaired) electrons. The quantitative estimate of drug-likeness (QED) is 0.573. The molecule has 0 amide bonds. The normalized spacial score (nSPS) is 11.1. The van der Waals surface area contributed by atoms with Crippen molar-refractivity contribution < 1.29 is 4.39 Å². The molecule has 0 spiro atoms. The second-order valence-electron chi connectivity index (χ2n) is 2.89. The van der Waals surface area contributed by atoms with Crippen LogP contribution >= 0.6 is 39.0 Å². The van der Waals surface area contributed by atoms with E-state index in [-0.39, 0.29) is 5.82 Å². The van der Waals surface area contributed by atoms with Crippen molar-refractivity contribution in [1.82, 2.24) is 0 Å². The summed E-state index contributed by atoms with van der Waals surface area (Å²) in [4.78, 5) is 1.03. The van der Waals surface area contributed by atoms with E-state index in [0.29, 0.717) is 5.33 Å². The molecule has 0 bridgehead atoms. The van der Waals surface area contributed by atoms with Gasteiger partial charge in [-0.3, -0.25) is 0 Å². The van der Waals surface area contributed by atoms with Crippen LogP contribution in [0.1, 0.15) is 5.56 Å². The summed E-state index contributed by atoms with van der Waals surface area (Å²) in [5.41, 5.74) is 0.990. The molecule has 1 aromatic carbocycles. The standard InChI is InChI=1S/C10H8BrFS2/c1-13-9-5-14-8-3-6(4-11)2-7(12)10(8)9/h2-3,5H,4H2,1H3. The average Bonchev–Trinajstić information content (AvgIpc) is 2.61. The maximum Gasteiger partial charge on any atom is 0.133 e. The van der Waals surface area contributed by atoms with Crippen LogP contribution in [0, 0.1) is 5.82 Å². The number of thiophene rings is 1. The van der Waals surface area contributed by atoms with Gasteiger partial charge in [0.05, 0.1) is 0 Å². The number of rotatable bonds is 2. The van der Waals surface area contributed by atoms with Gasteiger partial charge in [0.2, 0.25) is 0 Å². The fraction of sp³-hybridized carbons (Fsp3) is 0.200. The van der Waals surface area contributed by atoms with E-state index >= 15 is 0 Å². The van der Waals surface area contributed by atoms with Crippen LogP contribution in [0.15, 0.2) is 22.4 Å². The van der Waals surface area contributed by atoms with E-state index in [4.69, 9.17) is 0 Å². The van der Waals surface area contributed by atoms with E-state index in [1.165, 1.54) is 0 Å². The Morgan fingerprint density at radius 1 is 1.50 bits per heavy atom. The fourth-order valence-electron chi connectivity index (χ4n) is 1.37. The van der Waals surface area contributed by atoms with Crippen molar-refractivity contribution in [2.45, 2.75) is 10.2 Å². The third kappa shape index (κ3) is 1.71. The van der Waals surface area contributed by atoms with Crippen LogP contribution in [0.2, 0.25) is 0 Å². The topological polar surface area (TPSA) is 0 Å². The predicted octanol–water partition coefficient (Wildman–Crippen LogP) is 4.66. The molecule has 0 nitrogen and oxygen atoms in total. The Labute approximate surface area is 98.6 Å². The third-order valence-corrected chi connectivity index (χ3v) is 4.52. The predicted molar refractivity (Wildman–Crippen MR) is 66.2 cm³/mol. The summed E-state index contributed by atoms with van der Waals surface area (Å²) in [6, 6.07) is 3.64. The van der Waals surface area contributed by atoms with Gasteiger partial charge in [0.1, 0.15) is 5.82 Å². The Morgan fingerprint density at radius 2 is 2.29 bits per heavy atom. The molecule has 2 rings (SSSR count). The minimum atomic E-state index is -0.109. The molecule has 0 atom stereocenters. The summed E-state index contributed by atoms with van der Waals surface area (Å²) in [7, 11) is 0. The molecule has 0 N–H and O–H groups in total. The van der Waals surface area contributed by atoms with Crippen LogP contribution in [-0.2, 0) is 5.33 Å². The van der Waals surface area contributed by atoms with Gasteiger partial charge in [-0.1, -0.05) is 15.9 Å². The van der Waals surface area contributed by atoms with Crippen molar-refractivity contribution in [2.24, 2.45) is 0 Å². The number of hydrogen-bond acceptors (Lipinski definition) is 2. The Morgan fingerprint density at radius 3 is 2.93 bits per heavy atom. The van der Waals surface area contributed by atoms with E-state index in [0.717, 1.165) is 20.5 Å². The van der Waals surface area contributed by atoms with Crippen LogP contribution in [0.25, 0.3) is 10.1 Å². The van der Waals surface area contributed by atoms with Gasteiger partial charge in [-0.05, 0) is 24.0 Å². The van der Waals surface area contributed by atoms with Crippen LogP contribution in [0.4, 0.5) is 4.39 Å². The average molecular weight is 291 g/mol. The van der Waals surface area contributed by atoms with Crippen molar-refractivity contribution in [2.75, 3.05) is 6.26 Å². The van der Waals surface area contributed by atoms with Crippen LogP contribution in [0.3, 0.4) is 0 Å². The second-order valence-corrected chi connectivity index (χ2v) is 5.21. The van der Waals surface area contributed by atoms with Gasteiger partial charge in [0.15, 0.2) is 0 Å². The summed E-state index contributed by atoms with van der Waals surface area (Å²) >= 11 is 6.53. The van der Waals surface area contributed by atoms with Crippen molar-refractivity contribution in [3.63, 3.8) is 0 Å². The van der Waals surface area contributed by atoms with Crippen molar-refractivity contribution in [1.29, 1.82) is 0 Å². The minimum Gasteiger partial charge on any atom is -0.206 e. The molecular weight excluding hydrogens is 283 g/mol. The smallest absolute Gasteiger partial charge is 0.133 e. The summed E-state index contributed by atoms with van der Waals surface area (Å²) in [6.07, 6.45) is 1.97. The molecular formula is C10H8BrFS2. The summed E-state index contributed by atoms with van der Waals surface area (Å²) < 4.78 is 14.7. The molecule has 74 valence electrons. The van der Waals surface area contributed by atoms with Gasteiger partial charge < -0.3 is 0 Å². The summed E-state index contributed by atoms with van der Waals surface area (Å²) in [6.45, 7) is 0. The number of benzene rings is 1. The lowest BCUT2D eigenvalue weighted by atomic mass is 10.2. The molecule has 0 aliphatic carbocycles. The zero-order valence-corrected chi connectivity index (χ0v) is 10.7. The van der Waals surface area contributed by atoms with E-state index in [1.807, 2.05) is 17.7 Å². The van der Waals surface area contributed by atoms with Gasteiger partial charge in [0.25, 0.3) is 0 Å². The number of thioether (sulfide) groups is 1. The Kier molecular flexibility index (Phi) is 3.14. The van der Waals surface area contributed by atoms with E-state index in [9.17, 15) is 4.39 Å². The van der Waals surface area contributed by atoms with Gasteiger partial charge in [-0.25, -0.2) is 4.39 Å². The first-order valence-corrected chi connectivity index (χ1v) is 7.28. The van der Waals surface area contributed by atoms with Crippen molar-refractivity contribution in [3.8, 4) is 0 Å². The number of hydrogen-bond donors (Lipinski definition) is 0. The number of halogens is 2. The molecule has 4 heteroatoms. The minimum absolute atomic E-state index is 0.109. The second kappa shape index (κ2) is 4.21. The molecule has 0 aliphatic heterocycles. The van der Waals surface area contributed by atoms with Crippen LogP contribution in [-0.4, -0.2) is 6.26 Å². The molecule has 1 aromatic heterocycles. The van der Waals surface area contributed by atoms with E-state index < -0.39 is 0 Å². The lowest BCUT2D eigenvalue weighted by molar-refractivity contribution is 0.637. The zero-order chi connectivity index (χ0) is 10.1. The molecule has 0 unspecified atom stereocenters. The molecule has 2 aromatic rings. The lowest BCUT2D eigenvalue weighted by Crippen LogP contribution is -1.82. The first-order valence-electron chi connectivity index (χ1n) is 4.06. The maximum atomic E-state index is 13.7. The summed E-state index contributed by atoms with van der Waals surface area (Å²) in [5, 5.41) is 3.48. The van der Waals surface area contributed by atoms with E-state index in [1.54, 1.807) is 29.2 Å². The largest absolute Gasteiger partial charge is 0.206 e. The number of alkyl halides is 1. The highest BCUT2D eigenvalue weighted by molar-refractivity contribution is 9.08. The van der Waals surface area contributed by atoms with Crippen molar-refractivity contribution >= 4 is 49.1 Å². The van der Waals surface area contributed by atoms with Gasteiger partial charge in [-0.2, -0.15) is 0 Å². The lowest BCUT2D eigenvalue weighted by Gasteiger charge is -1.99. The summed E-state index contributed by atoms with van der Waals surface area (Å²) in [5.74, 6) is -0.109. The van der Waals surface area contributed by atoms with Gasteiger partial charge in [0, 0.05) is 25.7 Å². The Bertz CT molecular complexity index is 464. The van der Waals surface area contributed by atoms with Crippen LogP contribution in [0.5, 0.6) is 0 Å². The molecule has 0 saturated carbocycles. The maximum absolute atomic E-state index is 13.7. The first kappa shape index (κ1) is 10.5. The highest BCUT2D eigenvalue weighted by Gasteiger charge is 2.09. The fourth-order valence-corrected chi connectivity index (χ4v) is 3.60. The molecule has 14 heavy (non-hydrogen) atoms. The monoisotopic (exact) mass is 290 g/mol. The van der Waals surface area contributed by atoms with Crippen molar-refractivity contribution in [3.05, 3.63) is 28.9 Å². The van der Waals surface area contributed by atoms with Gasteiger partial charge in [-0.15, -0.1) is 23.1 Å².